The van der Waals surface area contributed by atoms with Crippen molar-refractivity contribution in [1.29, 1.82) is 0 Å². The van der Waals surface area contributed by atoms with Gasteiger partial charge in [0.1, 0.15) is 12.1 Å². The SMILES string of the molecule is O=C(CN1C(=O)N[C@]2(CCCCc3ccccc32)C1=O)Nc1ccc(S(=O)(=O)N2CCCC2)cc1. The van der Waals surface area contributed by atoms with E-state index in [1.165, 1.54) is 28.6 Å². The number of benzene rings is 2. The summed E-state index contributed by atoms with van der Waals surface area (Å²) in [6.45, 7) is 0.597. The first-order valence-corrected chi connectivity index (χ1v) is 13.4. The molecule has 184 valence electrons. The number of nitrogens with zero attached hydrogens (tertiary/aromatic N) is 2. The lowest BCUT2D eigenvalue weighted by atomic mass is 9.84. The molecule has 1 spiro atoms. The van der Waals surface area contributed by atoms with Crippen molar-refractivity contribution in [3.8, 4) is 0 Å². The summed E-state index contributed by atoms with van der Waals surface area (Å²) in [7, 11) is -3.55. The third kappa shape index (κ3) is 4.21. The van der Waals surface area contributed by atoms with Crippen molar-refractivity contribution in [1.82, 2.24) is 14.5 Å². The van der Waals surface area contributed by atoms with Crippen molar-refractivity contribution in [3.63, 3.8) is 0 Å². The molecule has 1 atom stereocenters. The number of hydrogen-bond donors (Lipinski definition) is 2. The van der Waals surface area contributed by atoms with Crippen molar-refractivity contribution in [2.24, 2.45) is 0 Å². The van der Waals surface area contributed by atoms with Crippen molar-refractivity contribution in [2.75, 3.05) is 25.0 Å². The predicted octanol–water partition coefficient (Wildman–Crippen LogP) is 2.58. The first-order valence-electron chi connectivity index (χ1n) is 11.9. The monoisotopic (exact) mass is 496 g/mol. The Hall–Kier alpha value is -3.24. The number of sulfonamides is 1. The average molecular weight is 497 g/mol. The lowest BCUT2D eigenvalue weighted by molar-refractivity contribution is -0.134. The van der Waals surface area contributed by atoms with Gasteiger partial charge in [-0.25, -0.2) is 13.2 Å². The van der Waals surface area contributed by atoms with E-state index in [1.807, 2.05) is 24.3 Å². The summed E-state index contributed by atoms with van der Waals surface area (Å²) in [5, 5.41) is 5.53. The van der Waals surface area contributed by atoms with Crippen LogP contribution in [0.4, 0.5) is 10.5 Å². The van der Waals surface area contributed by atoms with Crippen LogP contribution in [0.15, 0.2) is 53.4 Å². The van der Waals surface area contributed by atoms with Crippen LogP contribution in [-0.2, 0) is 31.6 Å². The molecule has 5 rings (SSSR count). The van der Waals surface area contributed by atoms with Crippen molar-refractivity contribution in [3.05, 3.63) is 59.7 Å². The summed E-state index contributed by atoms with van der Waals surface area (Å²) < 4.78 is 26.8. The van der Waals surface area contributed by atoms with Gasteiger partial charge in [0, 0.05) is 18.8 Å². The molecule has 0 bridgehead atoms. The molecule has 0 saturated carbocycles. The number of hydrogen-bond acceptors (Lipinski definition) is 5. The van der Waals surface area contributed by atoms with Crippen molar-refractivity contribution in [2.45, 2.75) is 49.0 Å². The molecule has 2 fully saturated rings. The van der Waals surface area contributed by atoms with Crippen LogP contribution in [-0.4, -0.2) is 55.1 Å². The molecule has 2 aromatic rings. The van der Waals surface area contributed by atoms with E-state index in [0.29, 0.717) is 25.2 Å². The van der Waals surface area contributed by atoms with E-state index in [4.69, 9.17) is 0 Å². The molecule has 4 amide bonds. The second kappa shape index (κ2) is 9.09. The van der Waals surface area contributed by atoms with Gasteiger partial charge in [-0.3, -0.25) is 14.5 Å². The van der Waals surface area contributed by atoms with Gasteiger partial charge in [0.05, 0.1) is 4.90 Å². The highest BCUT2D eigenvalue weighted by molar-refractivity contribution is 7.89. The Morgan fingerprint density at radius 2 is 1.69 bits per heavy atom. The number of fused-ring (bicyclic) bond motifs is 2. The molecule has 3 aliphatic rings. The highest BCUT2D eigenvalue weighted by atomic mass is 32.2. The maximum absolute atomic E-state index is 13.5. The number of rotatable bonds is 5. The molecule has 0 unspecified atom stereocenters. The second-order valence-corrected chi connectivity index (χ2v) is 11.2. The van der Waals surface area contributed by atoms with Crippen LogP contribution in [0.1, 0.15) is 43.2 Å². The fraction of sp³-hybridized carbons (Fsp3) is 0.400. The van der Waals surface area contributed by atoms with Gasteiger partial charge in [-0.2, -0.15) is 4.31 Å². The van der Waals surface area contributed by atoms with E-state index < -0.39 is 40.0 Å². The van der Waals surface area contributed by atoms with Crippen LogP contribution < -0.4 is 10.6 Å². The van der Waals surface area contributed by atoms with Crippen LogP contribution >= 0.6 is 0 Å². The summed E-state index contributed by atoms with van der Waals surface area (Å²) in [5.74, 6) is -0.957. The standard InChI is InChI=1S/C25H28N4O5S/c30-22(26-19-10-12-20(13-11-19)35(33,34)28-15-5-6-16-28)17-29-23(31)25(27-24(29)32)14-4-3-8-18-7-1-2-9-21(18)25/h1-2,7,9-13H,3-6,8,14-17H2,(H,26,30)(H,27,32)/t25-/m0/s1. The first kappa shape index (κ1) is 23.5. The number of amides is 4. The van der Waals surface area contributed by atoms with Crippen LogP contribution in [0, 0.1) is 0 Å². The number of carbonyl (C=O) groups excluding carboxylic acids is 3. The molecule has 35 heavy (non-hydrogen) atoms. The highest BCUT2D eigenvalue weighted by Gasteiger charge is 2.53. The van der Waals surface area contributed by atoms with Crippen LogP contribution in [0.3, 0.4) is 0 Å². The molecule has 0 radical (unpaired) electrons. The molecule has 10 heteroatoms. The largest absolute Gasteiger partial charge is 0.325 e. The molecule has 2 aliphatic heterocycles. The van der Waals surface area contributed by atoms with Gasteiger partial charge >= 0.3 is 6.03 Å². The summed E-state index contributed by atoms with van der Waals surface area (Å²) in [6.07, 6.45) is 4.73. The van der Waals surface area contributed by atoms with Gasteiger partial charge in [-0.05, 0) is 73.9 Å². The van der Waals surface area contributed by atoms with Gasteiger partial charge in [-0.15, -0.1) is 0 Å². The van der Waals surface area contributed by atoms with E-state index >= 15 is 0 Å². The zero-order chi connectivity index (χ0) is 24.6. The number of nitrogens with one attached hydrogen (secondary N) is 2. The first-order chi connectivity index (χ1) is 16.8. The van der Waals surface area contributed by atoms with E-state index in [2.05, 4.69) is 10.6 Å². The molecule has 2 saturated heterocycles. The van der Waals surface area contributed by atoms with Crippen molar-refractivity contribution >= 4 is 33.6 Å². The van der Waals surface area contributed by atoms with Crippen LogP contribution in [0.5, 0.6) is 0 Å². The Bertz CT molecular complexity index is 1270. The van der Waals surface area contributed by atoms with E-state index in [0.717, 1.165) is 48.1 Å². The molecule has 2 N–H and O–H groups in total. The third-order valence-corrected chi connectivity index (χ3v) is 8.96. The minimum Gasteiger partial charge on any atom is -0.325 e. The summed E-state index contributed by atoms with van der Waals surface area (Å²) in [5.41, 5.74) is 1.08. The van der Waals surface area contributed by atoms with Gasteiger partial charge in [-0.1, -0.05) is 24.3 Å². The molecular weight excluding hydrogens is 468 g/mol. The zero-order valence-electron chi connectivity index (χ0n) is 19.3. The Balaban J connectivity index is 1.28. The smallest absolute Gasteiger partial charge is 0.325 e. The van der Waals surface area contributed by atoms with E-state index in [1.54, 1.807) is 0 Å². The predicted molar refractivity (Wildman–Crippen MR) is 129 cm³/mol. The van der Waals surface area contributed by atoms with Gasteiger partial charge < -0.3 is 10.6 Å². The minimum atomic E-state index is -3.55. The van der Waals surface area contributed by atoms with Crippen LogP contribution in [0.2, 0.25) is 0 Å². The molecule has 2 heterocycles. The maximum Gasteiger partial charge on any atom is 0.325 e. The fourth-order valence-electron chi connectivity index (χ4n) is 5.25. The maximum atomic E-state index is 13.5. The number of aryl methyl sites for hydroxylation is 1. The fourth-order valence-corrected chi connectivity index (χ4v) is 6.77. The Kier molecular flexibility index (Phi) is 6.10. The minimum absolute atomic E-state index is 0.167. The molecule has 0 aromatic heterocycles. The Morgan fingerprint density at radius 3 is 2.43 bits per heavy atom. The number of anilines is 1. The van der Waals surface area contributed by atoms with Crippen LogP contribution in [0.25, 0.3) is 0 Å². The zero-order valence-corrected chi connectivity index (χ0v) is 20.1. The Morgan fingerprint density at radius 1 is 0.971 bits per heavy atom. The van der Waals surface area contributed by atoms with E-state index in [9.17, 15) is 22.8 Å². The highest BCUT2D eigenvalue weighted by Crippen LogP contribution is 2.39. The number of imide groups is 1. The van der Waals surface area contributed by atoms with Gasteiger partial charge in [0.25, 0.3) is 5.91 Å². The number of urea groups is 1. The summed E-state index contributed by atoms with van der Waals surface area (Å²) in [6, 6.07) is 13.0. The average Bonchev–Trinajstić information content (AvgIpc) is 3.42. The van der Waals surface area contributed by atoms with E-state index in [-0.39, 0.29) is 4.90 Å². The molecular formula is C25H28N4O5S. The normalized spacial score (nSPS) is 22.7. The van der Waals surface area contributed by atoms with Crippen molar-refractivity contribution < 1.29 is 22.8 Å². The quantitative estimate of drug-likeness (QED) is 0.618. The topological polar surface area (TPSA) is 116 Å². The molecule has 1 aliphatic carbocycles. The lowest BCUT2D eigenvalue weighted by Crippen LogP contribution is -2.44. The summed E-state index contributed by atoms with van der Waals surface area (Å²) >= 11 is 0. The lowest BCUT2D eigenvalue weighted by Gasteiger charge is -2.27. The Labute approximate surface area is 204 Å². The third-order valence-electron chi connectivity index (χ3n) is 7.04. The van der Waals surface area contributed by atoms with Gasteiger partial charge in [0.2, 0.25) is 15.9 Å². The van der Waals surface area contributed by atoms with Gasteiger partial charge in [0.15, 0.2) is 0 Å². The molecule has 9 nitrogen and oxygen atoms in total. The second-order valence-electron chi connectivity index (χ2n) is 9.27. The summed E-state index contributed by atoms with van der Waals surface area (Å²) in [4.78, 5) is 40.1. The molecule has 2 aromatic carbocycles. The number of carbonyl (C=O) groups is 3.